The van der Waals surface area contributed by atoms with E-state index in [4.69, 9.17) is 4.74 Å². The molecule has 1 amide bonds. The van der Waals surface area contributed by atoms with E-state index in [-0.39, 0.29) is 0 Å². The van der Waals surface area contributed by atoms with E-state index < -0.39 is 22.8 Å². The third kappa shape index (κ3) is 5.31. The lowest BCUT2D eigenvalue weighted by Gasteiger charge is -2.45. The smallest absolute Gasteiger partial charge is 0.408 e. The van der Waals surface area contributed by atoms with E-state index in [9.17, 15) is 15.0 Å². The van der Waals surface area contributed by atoms with Gasteiger partial charge in [-0.15, -0.1) is 0 Å². The van der Waals surface area contributed by atoms with E-state index in [1.165, 1.54) is 4.90 Å². The van der Waals surface area contributed by atoms with Crippen LogP contribution in [-0.2, 0) is 5.60 Å². The largest absolute Gasteiger partial charge is 0.495 e. The highest BCUT2D eigenvalue weighted by atomic mass is 16.5. The molecule has 0 aliphatic heterocycles. The molecule has 0 aromatic heterocycles. The number of methoxy groups -OCH3 is 1. The van der Waals surface area contributed by atoms with E-state index >= 15 is 0 Å². The van der Waals surface area contributed by atoms with Crippen LogP contribution in [-0.4, -0.2) is 45.9 Å². The number of benzene rings is 1. The van der Waals surface area contributed by atoms with Gasteiger partial charge >= 0.3 is 6.09 Å². The fourth-order valence-electron chi connectivity index (χ4n) is 3.96. The van der Waals surface area contributed by atoms with Gasteiger partial charge in [-0.2, -0.15) is 0 Å². The number of carboxylic acid groups (broad SMARTS) is 1. The number of anilines is 1. The van der Waals surface area contributed by atoms with Crippen LogP contribution in [0.25, 0.3) is 0 Å². The summed E-state index contributed by atoms with van der Waals surface area (Å²) in [6, 6.07) is 5.66. The lowest BCUT2D eigenvalue weighted by atomic mass is 9.87. The first-order valence-corrected chi connectivity index (χ1v) is 10.0. The van der Waals surface area contributed by atoms with Crippen LogP contribution in [0.1, 0.15) is 73.3 Å². The molecule has 0 radical (unpaired) electrons. The molecule has 160 valence electrons. The van der Waals surface area contributed by atoms with Crippen molar-refractivity contribution in [1.29, 1.82) is 0 Å². The van der Waals surface area contributed by atoms with Crippen molar-refractivity contribution < 1.29 is 19.7 Å². The molecule has 1 aromatic carbocycles. The summed E-state index contributed by atoms with van der Waals surface area (Å²) >= 11 is 0. The van der Waals surface area contributed by atoms with Gasteiger partial charge in [-0.25, -0.2) is 4.79 Å². The molecule has 6 heteroatoms. The summed E-state index contributed by atoms with van der Waals surface area (Å²) < 4.78 is 5.51. The van der Waals surface area contributed by atoms with Crippen LogP contribution in [0.3, 0.4) is 0 Å². The molecule has 0 aliphatic rings. The third-order valence-corrected chi connectivity index (χ3v) is 5.42. The zero-order valence-corrected chi connectivity index (χ0v) is 18.7. The zero-order valence-electron chi connectivity index (χ0n) is 18.7. The highest BCUT2D eigenvalue weighted by Crippen LogP contribution is 2.39. The van der Waals surface area contributed by atoms with Crippen molar-refractivity contribution in [2.24, 2.45) is 0 Å². The molecule has 0 fully saturated rings. The number of hydrogen-bond donors (Lipinski definition) is 3. The Labute approximate surface area is 169 Å². The SMILES string of the molecule is CCC(O)(CC)c1cccc(OC)c1NCCC(C)(C)N(C(=O)O)C(C)(C)C. The lowest BCUT2D eigenvalue weighted by Crippen LogP contribution is -2.57. The summed E-state index contributed by atoms with van der Waals surface area (Å²) in [5.74, 6) is 0.668. The Bertz CT molecular complexity index is 661. The van der Waals surface area contributed by atoms with Gasteiger partial charge in [-0.3, -0.25) is 4.90 Å². The maximum Gasteiger partial charge on any atom is 0.408 e. The Morgan fingerprint density at radius 1 is 1.14 bits per heavy atom. The normalized spacial score (nSPS) is 12.6. The molecule has 1 rings (SSSR count). The molecule has 0 unspecified atom stereocenters. The van der Waals surface area contributed by atoms with Crippen molar-refractivity contribution in [3.05, 3.63) is 23.8 Å². The quantitative estimate of drug-likeness (QED) is 0.545. The first-order valence-electron chi connectivity index (χ1n) is 10.0. The summed E-state index contributed by atoms with van der Waals surface area (Å²) in [6.07, 6.45) is 0.855. The first-order chi connectivity index (χ1) is 12.8. The van der Waals surface area contributed by atoms with Gasteiger partial charge in [0, 0.05) is 23.2 Å². The van der Waals surface area contributed by atoms with Gasteiger partial charge in [0.1, 0.15) is 5.75 Å². The number of aliphatic hydroxyl groups is 1. The average molecular weight is 395 g/mol. The maximum atomic E-state index is 11.8. The Kier molecular flexibility index (Phi) is 7.77. The summed E-state index contributed by atoms with van der Waals surface area (Å²) in [4.78, 5) is 13.3. The van der Waals surface area contributed by atoms with Crippen LogP contribution < -0.4 is 10.1 Å². The molecule has 0 heterocycles. The lowest BCUT2D eigenvalue weighted by molar-refractivity contribution is 0.0288. The minimum atomic E-state index is -0.940. The topological polar surface area (TPSA) is 82.0 Å². The molecule has 6 nitrogen and oxygen atoms in total. The van der Waals surface area contributed by atoms with Crippen molar-refractivity contribution in [1.82, 2.24) is 4.90 Å². The highest BCUT2D eigenvalue weighted by Gasteiger charge is 2.38. The van der Waals surface area contributed by atoms with Gasteiger partial charge < -0.3 is 20.3 Å². The molecule has 0 spiro atoms. The monoisotopic (exact) mass is 394 g/mol. The second kappa shape index (κ2) is 9.03. The molecule has 1 aromatic rings. The molecular weight excluding hydrogens is 356 g/mol. The van der Waals surface area contributed by atoms with E-state index in [1.54, 1.807) is 7.11 Å². The molecule has 0 bridgehead atoms. The Hall–Kier alpha value is -1.95. The van der Waals surface area contributed by atoms with Crippen molar-refractivity contribution in [2.45, 2.75) is 84.4 Å². The van der Waals surface area contributed by atoms with E-state index in [0.717, 1.165) is 11.3 Å². The molecule has 28 heavy (non-hydrogen) atoms. The predicted molar refractivity (Wildman–Crippen MR) is 114 cm³/mol. The zero-order chi connectivity index (χ0) is 21.8. The van der Waals surface area contributed by atoms with Crippen LogP contribution in [0.15, 0.2) is 18.2 Å². The van der Waals surface area contributed by atoms with Crippen LogP contribution >= 0.6 is 0 Å². The fraction of sp³-hybridized carbons (Fsp3) is 0.682. The summed E-state index contributed by atoms with van der Waals surface area (Å²) in [5, 5.41) is 24.2. The number of ether oxygens (including phenoxy) is 1. The standard InChI is InChI=1S/C22H38N2O4/c1-9-22(27,10-2)16-12-11-13-17(28-8)18(16)23-15-14-21(6,7)24(19(25)26)20(3,4)5/h11-13,23,27H,9-10,14-15H2,1-8H3,(H,25,26). The second-order valence-electron chi connectivity index (χ2n) is 8.90. The fourth-order valence-corrected chi connectivity index (χ4v) is 3.96. The minimum Gasteiger partial charge on any atom is -0.495 e. The Morgan fingerprint density at radius 2 is 1.71 bits per heavy atom. The third-order valence-electron chi connectivity index (χ3n) is 5.42. The number of nitrogens with zero attached hydrogens (tertiary/aromatic N) is 1. The van der Waals surface area contributed by atoms with Gasteiger partial charge in [-0.1, -0.05) is 26.0 Å². The Balaban J connectivity index is 3.12. The number of para-hydroxylation sites is 1. The highest BCUT2D eigenvalue weighted by molar-refractivity contribution is 5.67. The second-order valence-corrected chi connectivity index (χ2v) is 8.90. The van der Waals surface area contributed by atoms with Crippen LogP contribution in [0.4, 0.5) is 10.5 Å². The van der Waals surface area contributed by atoms with Crippen LogP contribution in [0.2, 0.25) is 0 Å². The average Bonchev–Trinajstić information content (AvgIpc) is 2.58. The number of carbonyl (C=O) groups is 1. The molecule has 0 saturated carbocycles. The summed E-state index contributed by atoms with van der Waals surface area (Å²) in [7, 11) is 1.61. The predicted octanol–water partition coefficient (Wildman–Crippen LogP) is 5.06. The van der Waals surface area contributed by atoms with Crippen molar-refractivity contribution in [3.8, 4) is 5.75 Å². The van der Waals surface area contributed by atoms with E-state index in [1.807, 2.05) is 66.7 Å². The van der Waals surface area contributed by atoms with Gasteiger partial charge in [0.15, 0.2) is 0 Å². The van der Waals surface area contributed by atoms with Crippen molar-refractivity contribution in [2.75, 3.05) is 19.0 Å². The first kappa shape index (κ1) is 24.1. The molecule has 0 atom stereocenters. The van der Waals surface area contributed by atoms with E-state index in [0.29, 0.717) is 31.6 Å². The molecule has 0 aliphatic carbocycles. The van der Waals surface area contributed by atoms with Crippen molar-refractivity contribution >= 4 is 11.8 Å². The Morgan fingerprint density at radius 3 is 2.14 bits per heavy atom. The molecule has 0 saturated heterocycles. The number of amides is 1. The van der Waals surface area contributed by atoms with Gasteiger partial charge in [-0.05, 0) is 59.9 Å². The molecule has 3 N–H and O–H groups in total. The van der Waals surface area contributed by atoms with Gasteiger partial charge in [0.25, 0.3) is 0 Å². The van der Waals surface area contributed by atoms with Crippen molar-refractivity contribution in [3.63, 3.8) is 0 Å². The van der Waals surface area contributed by atoms with Gasteiger partial charge in [0.2, 0.25) is 0 Å². The van der Waals surface area contributed by atoms with Crippen LogP contribution in [0, 0.1) is 0 Å². The molecular formula is C22H38N2O4. The van der Waals surface area contributed by atoms with Crippen LogP contribution in [0.5, 0.6) is 5.75 Å². The summed E-state index contributed by atoms with van der Waals surface area (Å²) in [5.41, 5.74) is -0.434. The number of hydrogen-bond acceptors (Lipinski definition) is 4. The summed E-state index contributed by atoms with van der Waals surface area (Å²) in [6.45, 7) is 14.0. The van der Waals surface area contributed by atoms with Gasteiger partial charge in [0.05, 0.1) is 18.4 Å². The number of rotatable bonds is 9. The minimum absolute atomic E-state index is 0.504. The number of nitrogens with one attached hydrogen (secondary N) is 1. The maximum absolute atomic E-state index is 11.8. The van der Waals surface area contributed by atoms with E-state index in [2.05, 4.69) is 5.32 Å².